The third-order valence-corrected chi connectivity index (χ3v) is 4.36. The summed E-state index contributed by atoms with van der Waals surface area (Å²) in [6.07, 6.45) is -1.52. The molecule has 0 saturated carbocycles. The van der Waals surface area contributed by atoms with Crippen LogP contribution in [-0.2, 0) is 4.79 Å². The second-order valence-electron chi connectivity index (χ2n) is 5.56. The minimum atomic E-state index is -0.874. The van der Waals surface area contributed by atoms with E-state index in [0.717, 1.165) is 5.69 Å². The molecule has 0 spiro atoms. The van der Waals surface area contributed by atoms with E-state index in [1.165, 1.54) is 16.7 Å². The topological polar surface area (TPSA) is 104 Å². The van der Waals surface area contributed by atoms with Crippen molar-refractivity contribution in [3.8, 4) is 5.69 Å². The molecule has 0 unspecified atom stereocenters. The number of aromatic nitrogens is 4. The molecule has 2 rings (SSSR count). The Labute approximate surface area is 144 Å². The quantitative estimate of drug-likeness (QED) is 0.661. The number of rotatable bonds is 8. The molecular formula is C15H21N5O3S. The molecule has 0 aliphatic heterocycles. The molecule has 8 nitrogen and oxygen atoms in total. The van der Waals surface area contributed by atoms with Crippen LogP contribution in [0.5, 0.6) is 0 Å². The van der Waals surface area contributed by atoms with Gasteiger partial charge in [0, 0.05) is 26.3 Å². The van der Waals surface area contributed by atoms with E-state index in [9.17, 15) is 15.0 Å². The van der Waals surface area contributed by atoms with Crippen LogP contribution in [0.3, 0.4) is 0 Å². The smallest absolute Gasteiger partial charge is 0.224 e. The minimum absolute atomic E-state index is 0.00349. The number of hydrogen-bond donors (Lipinski definition) is 2. The summed E-state index contributed by atoms with van der Waals surface area (Å²) in [7, 11) is 3.26. The summed E-state index contributed by atoms with van der Waals surface area (Å²) in [5, 5.41) is 32.0. The largest absolute Gasteiger partial charge is 0.392 e. The minimum Gasteiger partial charge on any atom is -0.392 e. The first-order valence-corrected chi connectivity index (χ1v) is 8.49. The maximum atomic E-state index is 11.5. The first-order valence-electron chi connectivity index (χ1n) is 7.50. The van der Waals surface area contributed by atoms with Gasteiger partial charge in [-0.1, -0.05) is 30.0 Å². The van der Waals surface area contributed by atoms with Gasteiger partial charge in [-0.2, -0.15) is 4.68 Å². The Bertz CT molecular complexity index is 650. The lowest BCUT2D eigenvalue weighted by atomic mass is 10.1. The van der Waals surface area contributed by atoms with Crippen LogP contribution < -0.4 is 0 Å². The summed E-state index contributed by atoms with van der Waals surface area (Å²) in [5.41, 5.74) is 0.830. The Morgan fingerprint density at radius 1 is 1.25 bits per heavy atom. The van der Waals surface area contributed by atoms with Crippen LogP contribution >= 0.6 is 11.8 Å². The summed E-state index contributed by atoms with van der Waals surface area (Å²) >= 11 is 1.29. The van der Waals surface area contributed by atoms with E-state index in [0.29, 0.717) is 10.9 Å². The van der Waals surface area contributed by atoms with Crippen molar-refractivity contribution >= 4 is 17.7 Å². The molecule has 0 aliphatic carbocycles. The lowest BCUT2D eigenvalue weighted by Gasteiger charge is -2.17. The van der Waals surface area contributed by atoms with Crippen molar-refractivity contribution in [3.05, 3.63) is 30.3 Å². The molecule has 1 amide bonds. The molecule has 0 aliphatic rings. The molecule has 24 heavy (non-hydrogen) atoms. The van der Waals surface area contributed by atoms with Gasteiger partial charge in [0.05, 0.1) is 24.3 Å². The van der Waals surface area contributed by atoms with E-state index in [1.54, 1.807) is 18.8 Å². The standard InChI is InChI=1S/C15H21N5O3S/c1-19(2)14(23)9-12(21)8-13(22)10-24-15-16-17-18-20(15)11-6-4-3-5-7-11/h3-7,12-13,21-22H,8-10H2,1-2H3/t12-,13+/m1/s1. The molecule has 0 fully saturated rings. The number of para-hydroxylation sites is 1. The van der Waals surface area contributed by atoms with Gasteiger partial charge in [-0.25, -0.2) is 0 Å². The highest BCUT2D eigenvalue weighted by molar-refractivity contribution is 7.99. The summed E-state index contributed by atoms with van der Waals surface area (Å²) in [5.74, 6) is 0.149. The van der Waals surface area contributed by atoms with Gasteiger partial charge < -0.3 is 15.1 Å². The zero-order chi connectivity index (χ0) is 17.5. The predicted molar refractivity (Wildman–Crippen MR) is 89.8 cm³/mol. The van der Waals surface area contributed by atoms with Gasteiger partial charge in [-0.3, -0.25) is 4.79 Å². The molecule has 130 valence electrons. The number of thioether (sulfide) groups is 1. The summed E-state index contributed by atoms with van der Waals surface area (Å²) in [4.78, 5) is 12.9. The highest BCUT2D eigenvalue weighted by Crippen LogP contribution is 2.20. The van der Waals surface area contributed by atoms with E-state index < -0.39 is 12.2 Å². The number of nitrogens with zero attached hydrogens (tertiary/aromatic N) is 5. The van der Waals surface area contributed by atoms with Crippen molar-refractivity contribution in [1.82, 2.24) is 25.1 Å². The van der Waals surface area contributed by atoms with Gasteiger partial charge in [0.25, 0.3) is 0 Å². The summed E-state index contributed by atoms with van der Waals surface area (Å²) in [6.45, 7) is 0. The van der Waals surface area contributed by atoms with Crippen molar-refractivity contribution in [3.63, 3.8) is 0 Å². The molecule has 2 aromatic rings. The lowest BCUT2D eigenvalue weighted by molar-refractivity contribution is -0.131. The number of benzene rings is 1. The number of aliphatic hydroxyl groups excluding tert-OH is 2. The van der Waals surface area contributed by atoms with Crippen LogP contribution in [0.1, 0.15) is 12.8 Å². The Morgan fingerprint density at radius 2 is 1.96 bits per heavy atom. The van der Waals surface area contributed by atoms with E-state index >= 15 is 0 Å². The Balaban J connectivity index is 1.86. The van der Waals surface area contributed by atoms with E-state index in [1.807, 2.05) is 30.3 Å². The zero-order valence-electron chi connectivity index (χ0n) is 13.6. The molecule has 0 radical (unpaired) electrons. The number of carbonyl (C=O) groups excluding carboxylic acids is 1. The van der Waals surface area contributed by atoms with Gasteiger partial charge in [0.1, 0.15) is 0 Å². The maximum Gasteiger partial charge on any atom is 0.224 e. The Morgan fingerprint density at radius 3 is 2.62 bits per heavy atom. The van der Waals surface area contributed by atoms with Crippen LogP contribution in [0, 0.1) is 0 Å². The molecule has 2 atom stereocenters. The van der Waals surface area contributed by atoms with Crippen molar-refractivity contribution in [2.45, 2.75) is 30.2 Å². The predicted octanol–water partition coefficient (Wildman–Crippen LogP) is 0.345. The molecule has 1 aromatic heterocycles. The molecule has 0 bridgehead atoms. The number of amides is 1. The van der Waals surface area contributed by atoms with E-state index in [2.05, 4.69) is 15.5 Å². The highest BCUT2D eigenvalue weighted by Gasteiger charge is 2.18. The van der Waals surface area contributed by atoms with Crippen LogP contribution in [-0.4, -0.2) is 73.3 Å². The van der Waals surface area contributed by atoms with Crippen molar-refractivity contribution in [1.29, 1.82) is 0 Å². The van der Waals surface area contributed by atoms with Crippen LogP contribution in [0.15, 0.2) is 35.5 Å². The van der Waals surface area contributed by atoms with Crippen LogP contribution in [0.2, 0.25) is 0 Å². The van der Waals surface area contributed by atoms with Gasteiger partial charge in [-0.15, -0.1) is 5.10 Å². The monoisotopic (exact) mass is 351 g/mol. The van der Waals surface area contributed by atoms with Crippen LogP contribution in [0.4, 0.5) is 0 Å². The van der Waals surface area contributed by atoms with Crippen molar-refractivity contribution in [2.24, 2.45) is 0 Å². The molecule has 1 heterocycles. The van der Waals surface area contributed by atoms with Gasteiger partial charge in [-0.05, 0) is 22.6 Å². The molecule has 0 saturated heterocycles. The summed E-state index contributed by atoms with van der Waals surface area (Å²) < 4.78 is 1.59. The number of hydrogen-bond acceptors (Lipinski definition) is 7. The SMILES string of the molecule is CN(C)C(=O)C[C@H](O)C[C@H](O)CSc1nnnn1-c1ccccc1. The first kappa shape index (κ1) is 18.4. The Kier molecular flexibility index (Phi) is 6.71. The van der Waals surface area contributed by atoms with Crippen molar-refractivity contribution in [2.75, 3.05) is 19.8 Å². The van der Waals surface area contributed by atoms with E-state index in [4.69, 9.17) is 0 Å². The molecule has 1 aromatic carbocycles. The lowest BCUT2D eigenvalue weighted by Crippen LogP contribution is -2.29. The average molecular weight is 351 g/mol. The fraction of sp³-hybridized carbons (Fsp3) is 0.467. The second-order valence-corrected chi connectivity index (χ2v) is 6.54. The fourth-order valence-electron chi connectivity index (χ4n) is 2.02. The first-order chi connectivity index (χ1) is 11.5. The normalized spacial score (nSPS) is 13.5. The molecule has 2 N–H and O–H groups in total. The Hall–Kier alpha value is -1.97. The van der Waals surface area contributed by atoms with Crippen LogP contribution in [0.25, 0.3) is 5.69 Å². The third-order valence-electron chi connectivity index (χ3n) is 3.30. The zero-order valence-corrected chi connectivity index (χ0v) is 14.4. The van der Waals surface area contributed by atoms with E-state index in [-0.39, 0.29) is 18.7 Å². The number of carbonyl (C=O) groups is 1. The fourth-order valence-corrected chi connectivity index (χ4v) is 2.86. The highest BCUT2D eigenvalue weighted by atomic mass is 32.2. The van der Waals surface area contributed by atoms with Crippen molar-refractivity contribution < 1.29 is 15.0 Å². The van der Waals surface area contributed by atoms with Gasteiger partial charge >= 0.3 is 0 Å². The number of tetrazole rings is 1. The maximum absolute atomic E-state index is 11.5. The molecule has 9 heteroatoms. The third kappa shape index (κ3) is 5.29. The average Bonchev–Trinajstić information content (AvgIpc) is 3.02. The number of aliphatic hydroxyl groups is 2. The van der Waals surface area contributed by atoms with Gasteiger partial charge in [0.15, 0.2) is 0 Å². The molecular weight excluding hydrogens is 330 g/mol. The van der Waals surface area contributed by atoms with Gasteiger partial charge in [0.2, 0.25) is 11.1 Å². The summed E-state index contributed by atoms with van der Waals surface area (Å²) in [6, 6.07) is 9.44. The second kappa shape index (κ2) is 8.76.